The average Bonchev–Trinajstić information content (AvgIpc) is 2.57. The van der Waals surface area contributed by atoms with Gasteiger partial charge in [-0.3, -0.25) is 0 Å². The summed E-state index contributed by atoms with van der Waals surface area (Å²) in [4.78, 5) is 0. The lowest BCUT2D eigenvalue weighted by Gasteiger charge is -2.12. The molecule has 0 aliphatic rings. The van der Waals surface area contributed by atoms with Gasteiger partial charge in [0.05, 0.1) is 11.3 Å². The highest BCUT2D eigenvalue weighted by Crippen LogP contribution is 2.35. The number of nitrogens with two attached hydrogens (primary N) is 1. The fourth-order valence-electron chi connectivity index (χ4n) is 2.29. The van der Waals surface area contributed by atoms with Gasteiger partial charge in [-0.05, 0) is 41.5 Å². The molecule has 0 bridgehead atoms. The van der Waals surface area contributed by atoms with Crippen molar-refractivity contribution >= 4 is 5.69 Å². The summed E-state index contributed by atoms with van der Waals surface area (Å²) in [6, 6.07) is 20.1. The van der Waals surface area contributed by atoms with E-state index in [2.05, 4.69) is 0 Å². The maximum atomic E-state index is 12.6. The smallest absolute Gasteiger partial charge is 0.416 e. The van der Waals surface area contributed by atoms with Gasteiger partial charge < -0.3 is 10.5 Å². The van der Waals surface area contributed by atoms with Crippen molar-refractivity contribution in [3.63, 3.8) is 0 Å². The Morgan fingerprint density at radius 2 is 1.38 bits per heavy atom. The van der Waals surface area contributed by atoms with Crippen molar-refractivity contribution in [1.29, 1.82) is 0 Å². The molecule has 3 aromatic rings. The second-order valence-corrected chi connectivity index (χ2v) is 5.24. The molecule has 0 amide bonds. The molecule has 0 spiro atoms. The van der Waals surface area contributed by atoms with Gasteiger partial charge >= 0.3 is 6.18 Å². The normalized spacial score (nSPS) is 11.3. The van der Waals surface area contributed by atoms with Crippen LogP contribution in [-0.2, 0) is 6.18 Å². The van der Waals surface area contributed by atoms with Crippen molar-refractivity contribution < 1.29 is 17.9 Å². The fourth-order valence-corrected chi connectivity index (χ4v) is 2.29. The molecule has 0 atom stereocenters. The predicted octanol–water partition coefficient (Wildman–Crippen LogP) is 5.75. The molecule has 0 aliphatic heterocycles. The lowest BCUT2D eigenvalue weighted by Crippen LogP contribution is -2.05. The van der Waals surface area contributed by atoms with Crippen molar-refractivity contribution in [2.24, 2.45) is 0 Å². The van der Waals surface area contributed by atoms with Crippen LogP contribution in [0.15, 0.2) is 72.8 Å². The maximum Gasteiger partial charge on any atom is 0.416 e. The van der Waals surface area contributed by atoms with E-state index in [1.165, 1.54) is 6.07 Å². The number of benzene rings is 3. The van der Waals surface area contributed by atoms with E-state index >= 15 is 0 Å². The summed E-state index contributed by atoms with van der Waals surface area (Å²) in [5, 5.41) is 0. The molecular weight excluding hydrogens is 315 g/mol. The van der Waals surface area contributed by atoms with E-state index in [9.17, 15) is 13.2 Å². The van der Waals surface area contributed by atoms with Gasteiger partial charge in [-0.25, -0.2) is 0 Å². The first-order chi connectivity index (χ1) is 11.4. The van der Waals surface area contributed by atoms with Crippen LogP contribution in [0.4, 0.5) is 18.9 Å². The highest BCUT2D eigenvalue weighted by Gasteiger charge is 2.30. The maximum absolute atomic E-state index is 12.6. The van der Waals surface area contributed by atoms with E-state index in [4.69, 9.17) is 10.5 Å². The van der Waals surface area contributed by atoms with E-state index in [1.807, 2.05) is 42.5 Å². The second-order valence-electron chi connectivity index (χ2n) is 5.24. The summed E-state index contributed by atoms with van der Waals surface area (Å²) < 4.78 is 43.5. The van der Waals surface area contributed by atoms with Crippen molar-refractivity contribution in [3.8, 4) is 22.6 Å². The summed E-state index contributed by atoms with van der Waals surface area (Å²) in [5.41, 5.74) is 6.89. The fraction of sp³-hybridized carbons (Fsp3) is 0.0526. The zero-order chi connectivity index (χ0) is 17.2. The number of rotatable bonds is 3. The molecule has 0 aliphatic carbocycles. The molecular formula is C19H14F3NO. The van der Waals surface area contributed by atoms with Gasteiger partial charge in [0.25, 0.3) is 0 Å². The van der Waals surface area contributed by atoms with Gasteiger partial charge in [-0.2, -0.15) is 13.2 Å². The summed E-state index contributed by atoms with van der Waals surface area (Å²) in [6.07, 6.45) is -4.43. The lowest BCUT2D eigenvalue weighted by atomic mass is 10.1. The minimum absolute atomic E-state index is 0.0584. The van der Waals surface area contributed by atoms with Crippen molar-refractivity contribution in [2.45, 2.75) is 6.18 Å². The predicted molar refractivity (Wildman–Crippen MR) is 87.8 cm³/mol. The molecule has 3 rings (SSSR count). The van der Waals surface area contributed by atoms with Crippen LogP contribution in [0.1, 0.15) is 5.56 Å². The number of ether oxygens (including phenoxy) is 1. The molecule has 0 saturated heterocycles. The van der Waals surface area contributed by atoms with E-state index in [1.54, 1.807) is 12.1 Å². The third-order valence-corrected chi connectivity index (χ3v) is 3.53. The summed E-state index contributed by atoms with van der Waals surface area (Å²) in [5.74, 6) is 0.691. The zero-order valence-electron chi connectivity index (χ0n) is 12.5. The summed E-state index contributed by atoms with van der Waals surface area (Å²) >= 11 is 0. The second kappa shape index (κ2) is 6.28. The highest BCUT2D eigenvalue weighted by molar-refractivity contribution is 5.64. The minimum Gasteiger partial charge on any atom is -0.455 e. The van der Waals surface area contributed by atoms with Gasteiger partial charge in [0.1, 0.15) is 11.5 Å². The van der Waals surface area contributed by atoms with Gasteiger partial charge in [-0.15, -0.1) is 0 Å². The SMILES string of the molecule is Nc1cc(C(F)(F)F)ccc1Oc1ccc(-c2ccccc2)cc1. The van der Waals surface area contributed by atoms with Crippen LogP contribution < -0.4 is 10.5 Å². The van der Waals surface area contributed by atoms with Crippen LogP contribution >= 0.6 is 0 Å². The standard InChI is InChI=1S/C19H14F3NO/c20-19(21,22)15-8-11-18(17(23)12-15)24-16-9-6-14(7-10-16)13-4-2-1-3-5-13/h1-12H,23H2. The highest BCUT2D eigenvalue weighted by atomic mass is 19.4. The van der Waals surface area contributed by atoms with E-state index < -0.39 is 11.7 Å². The Morgan fingerprint density at radius 3 is 1.96 bits per heavy atom. The molecule has 2 nitrogen and oxygen atoms in total. The lowest BCUT2D eigenvalue weighted by molar-refractivity contribution is -0.137. The molecule has 2 N–H and O–H groups in total. The van der Waals surface area contributed by atoms with E-state index in [0.29, 0.717) is 5.75 Å². The summed E-state index contributed by atoms with van der Waals surface area (Å²) in [6.45, 7) is 0. The van der Waals surface area contributed by atoms with E-state index in [-0.39, 0.29) is 11.4 Å². The Balaban J connectivity index is 1.79. The van der Waals surface area contributed by atoms with Gasteiger partial charge in [0.15, 0.2) is 0 Å². The van der Waals surface area contributed by atoms with Crippen LogP contribution in [0.3, 0.4) is 0 Å². The molecule has 0 heterocycles. The van der Waals surface area contributed by atoms with Gasteiger partial charge in [0, 0.05) is 0 Å². The Morgan fingerprint density at radius 1 is 0.750 bits per heavy atom. The molecule has 0 aromatic heterocycles. The number of nitrogen functional groups attached to an aromatic ring is 1. The van der Waals surface area contributed by atoms with Gasteiger partial charge in [-0.1, -0.05) is 42.5 Å². The molecule has 5 heteroatoms. The average molecular weight is 329 g/mol. The molecule has 122 valence electrons. The zero-order valence-corrected chi connectivity index (χ0v) is 12.5. The van der Waals surface area contributed by atoms with E-state index in [0.717, 1.165) is 23.3 Å². The van der Waals surface area contributed by atoms with Crippen LogP contribution in [0.5, 0.6) is 11.5 Å². The van der Waals surface area contributed by atoms with Gasteiger partial charge in [0.2, 0.25) is 0 Å². The van der Waals surface area contributed by atoms with Crippen LogP contribution in [-0.4, -0.2) is 0 Å². The largest absolute Gasteiger partial charge is 0.455 e. The number of hydrogen-bond acceptors (Lipinski definition) is 2. The van der Waals surface area contributed by atoms with Crippen molar-refractivity contribution in [1.82, 2.24) is 0 Å². The Hall–Kier alpha value is -2.95. The van der Waals surface area contributed by atoms with Crippen molar-refractivity contribution in [3.05, 3.63) is 78.4 Å². The van der Waals surface area contributed by atoms with Crippen LogP contribution in [0.25, 0.3) is 11.1 Å². The first-order valence-electron chi connectivity index (χ1n) is 7.23. The molecule has 0 saturated carbocycles. The third-order valence-electron chi connectivity index (χ3n) is 3.53. The Bertz CT molecular complexity index is 827. The molecule has 3 aromatic carbocycles. The Kier molecular flexibility index (Phi) is 4.16. The third kappa shape index (κ3) is 3.51. The topological polar surface area (TPSA) is 35.2 Å². The molecule has 0 radical (unpaired) electrons. The Labute approximate surface area is 137 Å². The minimum atomic E-state index is -4.43. The molecule has 24 heavy (non-hydrogen) atoms. The quantitative estimate of drug-likeness (QED) is 0.621. The number of halogens is 3. The molecule has 0 unspecified atom stereocenters. The number of anilines is 1. The number of alkyl halides is 3. The van der Waals surface area contributed by atoms with Crippen molar-refractivity contribution in [2.75, 3.05) is 5.73 Å². The number of hydrogen-bond donors (Lipinski definition) is 1. The van der Waals surface area contributed by atoms with Crippen LogP contribution in [0, 0.1) is 0 Å². The first-order valence-corrected chi connectivity index (χ1v) is 7.23. The summed E-state index contributed by atoms with van der Waals surface area (Å²) in [7, 11) is 0. The monoisotopic (exact) mass is 329 g/mol. The molecule has 0 fully saturated rings. The first kappa shape index (κ1) is 15.9. The van der Waals surface area contributed by atoms with Crippen LogP contribution in [0.2, 0.25) is 0 Å².